The Morgan fingerprint density at radius 1 is 1.43 bits per heavy atom. The average Bonchev–Trinajstić information content (AvgIpc) is 2.90. The molecule has 0 fully saturated rings. The number of nitrogens with two attached hydrogens (primary N) is 1. The number of unbranched alkanes of at least 4 members (excludes halogenated alkanes) is 2. The van der Waals surface area contributed by atoms with E-state index in [0.29, 0.717) is 18.5 Å². The zero-order chi connectivity index (χ0) is 16.7. The molecule has 2 heterocycles. The molecule has 9 nitrogen and oxygen atoms in total. The van der Waals surface area contributed by atoms with Crippen LogP contribution in [0.5, 0.6) is 0 Å². The van der Waals surface area contributed by atoms with Crippen molar-refractivity contribution in [2.45, 2.75) is 25.7 Å². The Morgan fingerprint density at radius 2 is 2.26 bits per heavy atom. The van der Waals surface area contributed by atoms with Crippen molar-refractivity contribution in [1.29, 1.82) is 5.26 Å². The van der Waals surface area contributed by atoms with Crippen LogP contribution in [0.25, 0.3) is 0 Å². The summed E-state index contributed by atoms with van der Waals surface area (Å²) in [4.78, 5) is 14.4. The number of nitriles is 1. The first kappa shape index (κ1) is 16.2. The van der Waals surface area contributed by atoms with Crippen molar-refractivity contribution in [2.75, 3.05) is 17.6 Å². The molecule has 0 radical (unpaired) electrons. The Hall–Kier alpha value is -3.15. The quantitative estimate of drug-likeness (QED) is 0.383. The molecule has 0 bridgehead atoms. The Kier molecular flexibility index (Phi) is 5.46. The molecular weight excluding hydrogens is 298 g/mol. The van der Waals surface area contributed by atoms with Crippen LogP contribution in [0.1, 0.15) is 30.5 Å². The second kappa shape index (κ2) is 7.74. The molecule has 2 rings (SSSR count). The third-order valence-corrected chi connectivity index (χ3v) is 3.36. The average molecular weight is 315 g/mol. The van der Waals surface area contributed by atoms with E-state index in [2.05, 4.69) is 20.5 Å². The second-order valence-electron chi connectivity index (χ2n) is 4.94. The van der Waals surface area contributed by atoms with Gasteiger partial charge in [-0.25, -0.2) is 4.98 Å². The summed E-state index contributed by atoms with van der Waals surface area (Å²) in [5, 5.41) is 29.4. The van der Waals surface area contributed by atoms with E-state index in [1.54, 1.807) is 0 Å². The number of aromatic amines is 1. The van der Waals surface area contributed by atoms with Crippen LogP contribution < -0.4 is 11.1 Å². The summed E-state index contributed by atoms with van der Waals surface area (Å²) < 4.78 is 0. The van der Waals surface area contributed by atoms with Gasteiger partial charge in [-0.15, -0.1) is 0 Å². The molecule has 0 aliphatic heterocycles. The van der Waals surface area contributed by atoms with E-state index in [0.717, 1.165) is 25.0 Å². The number of nitrogen functional groups attached to an aromatic ring is 1. The molecule has 0 atom stereocenters. The maximum atomic E-state index is 10.9. The van der Waals surface area contributed by atoms with Crippen LogP contribution in [0.4, 0.5) is 17.3 Å². The van der Waals surface area contributed by atoms with E-state index < -0.39 is 4.92 Å². The molecule has 0 saturated carbocycles. The molecule has 120 valence electrons. The number of aryl methyl sites for hydroxylation is 1. The van der Waals surface area contributed by atoms with Gasteiger partial charge in [0.05, 0.1) is 10.6 Å². The molecule has 9 heteroatoms. The van der Waals surface area contributed by atoms with Gasteiger partial charge in [-0.2, -0.15) is 10.4 Å². The molecule has 0 amide bonds. The number of hydrogen-bond acceptors (Lipinski definition) is 7. The highest BCUT2D eigenvalue weighted by atomic mass is 16.6. The lowest BCUT2D eigenvalue weighted by atomic mass is 10.1. The molecule has 0 aliphatic carbocycles. The third-order valence-electron chi connectivity index (χ3n) is 3.36. The van der Waals surface area contributed by atoms with Crippen molar-refractivity contribution in [1.82, 2.24) is 15.2 Å². The number of pyridine rings is 1. The summed E-state index contributed by atoms with van der Waals surface area (Å²) in [6.07, 6.45) is 4.80. The highest BCUT2D eigenvalue weighted by Crippen LogP contribution is 2.20. The number of aromatic nitrogens is 3. The maximum absolute atomic E-state index is 10.9. The molecule has 0 aliphatic rings. The van der Waals surface area contributed by atoms with Crippen molar-refractivity contribution in [2.24, 2.45) is 0 Å². The van der Waals surface area contributed by atoms with Crippen LogP contribution in [-0.2, 0) is 6.42 Å². The Balaban J connectivity index is 1.73. The van der Waals surface area contributed by atoms with E-state index in [1.807, 2.05) is 6.07 Å². The van der Waals surface area contributed by atoms with Crippen LogP contribution in [-0.4, -0.2) is 26.6 Å². The van der Waals surface area contributed by atoms with Gasteiger partial charge >= 0.3 is 5.69 Å². The molecule has 0 saturated heterocycles. The van der Waals surface area contributed by atoms with Gasteiger partial charge in [0.25, 0.3) is 0 Å². The fraction of sp³-hybridized carbons (Fsp3) is 0.357. The van der Waals surface area contributed by atoms with Gasteiger partial charge in [0.2, 0.25) is 5.82 Å². The molecule has 0 aromatic carbocycles. The molecule has 0 unspecified atom stereocenters. The number of hydrogen-bond donors (Lipinski definition) is 3. The monoisotopic (exact) mass is 315 g/mol. The summed E-state index contributed by atoms with van der Waals surface area (Å²) in [5.41, 5.74) is 6.70. The van der Waals surface area contributed by atoms with Crippen molar-refractivity contribution in [3.8, 4) is 6.07 Å². The second-order valence-corrected chi connectivity index (χ2v) is 4.94. The minimum absolute atomic E-state index is 0.0286. The SMILES string of the molecule is N#Cc1c(N)n[nH]c1CCCCCNc1ncccc1[N+](=O)[O-]. The number of anilines is 2. The Bertz CT molecular complexity index is 720. The summed E-state index contributed by atoms with van der Waals surface area (Å²) in [6.45, 7) is 0.591. The Labute approximate surface area is 132 Å². The van der Waals surface area contributed by atoms with Gasteiger partial charge < -0.3 is 11.1 Å². The van der Waals surface area contributed by atoms with Crippen LogP contribution >= 0.6 is 0 Å². The predicted molar refractivity (Wildman–Crippen MR) is 84.7 cm³/mol. The molecule has 0 spiro atoms. The van der Waals surface area contributed by atoms with Crippen LogP contribution in [0.15, 0.2) is 18.3 Å². The molecule has 2 aromatic heterocycles. The predicted octanol–water partition coefficient (Wildman–Crippen LogP) is 1.99. The van der Waals surface area contributed by atoms with Gasteiger partial charge in [-0.05, 0) is 25.3 Å². The van der Waals surface area contributed by atoms with Crippen molar-refractivity contribution >= 4 is 17.3 Å². The van der Waals surface area contributed by atoms with E-state index >= 15 is 0 Å². The Morgan fingerprint density at radius 3 is 3.00 bits per heavy atom. The van der Waals surface area contributed by atoms with Gasteiger partial charge in [-0.1, -0.05) is 6.42 Å². The van der Waals surface area contributed by atoms with Gasteiger partial charge in [-0.3, -0.25) is 15.2 Å². The van der Waals surface area contributed by atoms with E-state index in [4.69, 9.17) is 11.0 Å². The zero-order valence-electron chi connectivity index (χ0n) is 12.5. The van der Waals surface area contributed by atoms with Crippen LogP contribution in [0.2, 0.25) is 0 Å². The summed E-state index contributed by atoms with van der Waals surface area (Å²) in [5.74, 6) is 0.511. The van der Waals surface area contributed by atoms with Gasteiger partial charge in [0, 0.05) is 18.8 Å². The lowest BCUT2D eigenvalue weighted by molar-refractivity contribution is -0.384. The smallest absolute Gasteiger partial charge is 0.311 e. The fourth-order valence-corrected chi connectivity index (χ4v) is 2.19. The highest BCUT2D eigenvalue weighted by Gasteiger charge is 2.13. The standard InChI is InChI=1S/C14H17N7O2/c15-9-10-11(19-20-13(10)16)5-2-1-3-7-17-14-12(21(22)23)6-4-8-18-14/h4,6,8H,1-3,5,7H2,(H,17,18)(H3,16,19,20). The molecule has 4 N–H and O–H groups in total. The topological polar surface area (TPSA) is 147 Å². The lowest BCUT2D eigenvalue weighted by Gasteiger charge is -2.05. The van der Waals surface area contributed by atoms with Crippen molar-refractivity contribution in [3.05, 3.63) is 39.7 Å². The number of nitrogens with zero attached hydrogens (tertiary/aromatic N) is 4. The van der Waals surface area contributed by atoms with Gasteiger partial charge in [0.15, 0.2) is 5.82 Å². The van der Waals surface area contributed by atoms with Crippen molar-refractivity contribution < 1.29 is 4.92 Å². The molecular formula is C14H17N7O2. The number of nitrogens with one attached hydrogen (secondary N) is 2. The number of rotatable bonds is 8. The maximum Gasteiger partial charge on any atom is 0.311 e. The van der Waals surface area contributed by atoms with E-state index in [-0.39, 0.29) is 17.3 Å². The van der Waals surface area contributed by atoms with Crippen LogP contribution in [0.3, 0.4) is 0 Å². The first-order chi connectivity index (χ1) is 11.1. The molecule has 23 heavy (non-hydrogen) atoms. The minimum Gasteiger partial charge on any atom is -0.381 e. The summed E-state index contributed by atoms with van der Waals surface area (Å²) in [7, 11) is 0. The first-order valence-electron chi connectivity index (χ1n) is 7.19. The number of nitro groups is 1. The normalized spacial score (nSPS) is 10.2. The van der Waals surface area contributed by atoms with Crippen LogP contribution in [0, 0.1) is 21.4 Å². The lowest BCUT2D eigenvalue weighted by Crippen LogP contribution is -2.06. The molecule has 2 aromatic rings. The van der Waals surface area contributed by atoms with Crippen molar-refractivity contribution in [3.63, 3.8) is 0 Å². The first-order valence-corrected chi connectivity index (χ1v) is 7.19. The number of H-pyrrole nitrogens is 1. The third kappa shape index (κ3) is 4.16. The van der Waals surface area contributed by atoms with E-state index in [1.165, 1.54) is 18.3 Å². The zero-order valence-corrected chi connectivity index (χ0v) is 12.5. The fourth-order valence-electron chi connectivity index (χ4n) is 2.19. The summed E-state index contributed by atoms with van der Waals surface area (Å²) in [6, 6.07) is 4.98. The summed E-state index contributed by atoms with van der Waals surface area (Å²) >= 11 is 0. The van der Waals surface area contributed by atoms with E-state index in [9.17, 15) is 10.1 Å². The minimum atomic E-state index is -0.457. The van der Waals surface area contributed by atoms with Gasteiger partial charge in [0.1, 0.15) is 11.6 Å². The largest absolute Gasteiger partial charge is 0.381 e. The highest BCUT2D eigenvalue weighted by molar-refractivity contribution is 5.55.